The van der Waals surface area contributed by atoms with Crippen LogP contribution in [-0.2, 0) is 10.0 Å². The number of ether oxygens (including phenoxy) is 1. The van der Waals surface area contributed by atoms with Gasteiger partial charge in [0.1, 0.15) is 10.7 Å². The largest absolute Gasteiger partial charge is 0.495 e. The minimum Gasteiger partial charge on any atom is -0.495 e. The van der Waals surface area contributed by atoms with Gasteiger partial charge in [0.15, 0.2) is 0 Å². The Morgan fingerprint density at radius 3 is 2.74 bits per heavy atom. The summed E-state index contributed by atoms with van der Waals surface area (Å²) in [5.41, 5.74) is 6.57. The first kappa shape index (κ1) is 14.1. The van der Waals surface area contributed by atoms with Crippen LogP contribution in [0, 0.1) is 5.92 Å². The van der Waals surface area contributed by atoms with E-state index in [1.54, 1.807) is 18.2 Å². The fourth-order valence-corrected chi connectivity index (χ4v) is 3.40. The van der Waals surface area contributed by atoms with Gasteiger partial charge in [0.25, 0.3) is 0 Å². The van der Waals surface area contributed by atoms with Crippen LogP contribution < -0.4 is 15.2 Å². The Labute approximate surface area is 118 Å². The quantitative estimate of drug-likeness (QED) is 0.778. The van der Waals surface area contributed by atoms with Crippen molar-refractivity contribution < 1.29 is 13.2 Å². The average molecular weight is 300 g/mol. The summed E-state index contributed by atoms with van der Waals surface area (Å²) >= 11 is 4.87. The number of nitrogens with two attached hydrogens (primary N) is 1. The number of benzene rings is 1. The van der Waals surface area contributed by atoms with E-state index in [9.17, 15) is 8.42 Å². The molecule has 2 rings (SSSR count). The van der Waals surface area contributed by atoms with Gasteiger partial charge in [-0.15, -0.1) is 0 Å². The van der Waals surface area contributed by atoms with E-state index in [0.29, 0.717) is 22.9 Å². The summed E-state index contributed by atoms with van der Waals surface area (Å²) in [5, 5.41) is 0. The number of hydrogen-bond acceptors (Lipinski definition) is 4. The predicted octanol–water partition coefficient (Wildman–Crippen LogP) is 1.48. The minimum absolute atomic E-state index is 0.160. The van der Waals surface area contributed by atoms with Gasteiger partial charge in [-0.1, -0.05) is 12.2 Å². The van der Waals surface area contributed by atoms with Crippen molar-refractivity contribution >= 4 is 32.9 Å². The zero-order valence-electron chi connectivity index (χ0n) is 10.5. The monoisotopic (exact) mass is 300 g/mol. The van der Waals surface area contributed by atoms with Crippen LogP contribution in [0.25, 0.3) is 0 Å². The van der Waals surface area contributed by atoms with Crippen LogP contribution in [0.5, 0.6) is 5.75 Å². The predicted molar refractivity (Wildman–Crippen MR) is 79.0 cm³/mol. The van der Waals surface area contributed by atoms with Crippen LogP contribution >= 0.6 is 12.2 Å². The summed E-state index contributed by atoms with van der Waals surface area (Å²) in [4.78, 5) is 0.241. The highest BCUT2D eigenvalue weighted by Gasteiger charge is 2.28. The van der Waals surface area contributed by atoms with Crippen LogP contribution in [-0.4, -0.2) is 26.3 Å². The third kappa shape index (κ3) is 3.81. The summed E-state index contributed by atoms with van der Waals surface area (Å²) in [5.74, 6) is 0.858. The first-order chi connectivity index (χ1) is 8.91. The number of hydrogen-bond donors (Lipinski definition) is 2. The second kappa shape index (κ2) is 5.34. The summed E-state index contributed by atoms with van der Waals surface area (Å²) in [6, 6.07) is 4.90. The SMILES string of the molecule is COc1cc(C(N)=S)ccc1NS(=O)(=O)CC1CC1. The molecular weight excluding hydrogens is 284 g/mol. The van der Waals surface area contributed by atoms with Gasteiger partial charge in [-0.3, -0.25) is 4.72 Å². The number of rotatable bonds is 6. The molecule has 0 radical (unpaired) electrons. The molecule has 0 aromatic heterocycles. The van der Waals surface area contributed by atoms with E-state index >= 15 is 0 Å². The van der Waals surface area contributed by atoms with Gasteiger partial charge >= 0.3 is 0 Å². The van der Waals surface area contributed by atoms with Crippen molar-refractivity contribution in [1.29, 1.82) is 0 Å². The van der Waals surface area contributed by atoms with E-state index in [-0.39, 0.29) is 10.7 Å². The van der Waals surface area contributed by atoms with Gasteiger partial charge < -0.3 is 10.5 Å². The third-order valence-electron chi connectivity index (χ3n) is 2.90. The Balaban J connectivity index is 2.21. The molecule has 5 nitrogen and oxygen atoms in total. The molecule has 0 aliphatic heterocycles. The first-order valence-electron chi connectivity index (χ1n) is 5.89. The van der Waals surface area contributed by atoms with Gasteiger partial charge in [0.2, 0.25) is 10.0 Å². The lowest BCUT2D eigenvalue weighted by Crippen LogP contribution is -2.18. The lowest BCUT2D eigenvalue weighted by atomic mass is 10.2. The van der Waals surface area contributed by atoms with Crippen molar-refractivity contribution in [3.63, 3.8) is 0 Å². The highest BCUT2D eigenvalue weighted by Crippen LogP contribution is 2.32. The van der Waals surface area contributed by atoms with Gasteiger partial charge in [-0.05, 0) is 37.0 Å². The average Bonchev–Trinajstić information content (AvgIpc) is 3.11. The topological polar surface area (TPSA) is 81.4 Å². The molecule has 3 N–H and O–H groups in total. The van der Waals surface area contributed by atoms with Crippen LogP contribution in [0.15, 0.2) is 18.2 Å². The molecule has 1 aromatic carbocycles. The van der Waals surface area contributed by atoms with Crippen molar-refractivity contribution in [1.82, 2.24) is 0 Å². The van der Waals surface area contributed by atoms with Crippen LogP contribution in [0.2, 0.25) is 0 Å². The van der Waals surface area contributed by atoms with Crippen LogP contribution in [0.3, 0.4) is 0 Å². The molecule has 0 spiro atoms. The Kier molecular flexibility index (Phi) is 3.96. The third-order valence-corrected chi connectivity index (χ3v) is 4.58. The fourth-order valence-electron chi connectivity index (χ4n) is 1.73. The van der Waals surface area contributed by atoms with Crippen LogP contribution in [0.1, 0.15) is 18.4 Å². The molecule has 1 aliphatic rings. The van der Waals surface area contributed by atoms with Gasteiger partial charge in [0.05, 0.1) is 18.6 Å². The normalized spacial score (nSPS) is 15.0. The number of methoxy groups -OCH3 is 1. The molecule has 7 heteroatoms. The molecule has 0 bridgehead atoms. The standard InChI is InChI=1S/C12H16N2O3S2/c1-17-11-6-9(12(13)18)4-5-10(11)14-19(15,16)7-8-2-3-8/h4-6,8,14H,2-3,7H2,1H3,(H2,13,18). The molecule has 0 heterocycles. The Hall–Kier alpha value is -1.34. The summed E-state index contributed by atoms with van der Waals surface area (Å²) in [7, 11) is -1.86. The number of sulfonamides is 1. The molecule has 0 amide bonds. The van der Waals surface area contributed by atoms with Gasteiger partial charge in [-0.2, -0.15) is 0 Å². The maximum Gasteiger partial charge on any atom is 0.233 e. The fraction of sp³-hybridized carbons (Fsp3) is 0.417. The van der Waals surface area contributed by atoms with Crippen LogP contribution in [0.4, 0.5) is 5.69 Å². The minimum atomic E-state index is -3.33. The molecule has 1 aromatic rings. The Bertz CT molecular complexity index is 595. The zero-order chi connectivity index (χ0) is 14.0. The second-order valence-electron chi connectivity index (χ2n) is 4.61. The summed E-state index contributed by atoms with van der Waals surface area (Å²) in [6.07, 6.45) is 1.97. The molecule has 19 heavy (non-hydrogen) atoms. The lowest BCUT2D eigenvalue weighted by molar-refractivity contribution is 0.417. The van der Waals surface area contributed by atoms with E-state index in [2.05, 4.69) is 4.72 Å². The van der Waals surface area contributed by atoms with Crippen molar-refractivity contribution in [2.75, 3.05) is 17.6 Å². The van der Waals surface area contributed by atoms with Crippen molar-refractivity contribution in [3.05, 3.63) is 23.8 Å². The van der Waals surface area contributed by atoms with Crippen molar-refractivity contribution in [2.45, 2.75) is 12.8 Å². The van der Waals surface area contributed by atoms with E-state index in [1.807, 2.05) is 0 Å². The Morgan fingerprint density at radius 2 is 2.21 bits per heavy atom. The summed E-state index contributed by atoms with van der Waals surface area (Å²) < 4.78 is 31.5. The van der Waals surface area contributed by atoms with Crippen molar-refractivity contribution in [3.8, 4) is 5.75 Å². The highest BCUT2D eigenvalue weighted by atomic mass is 32.2. The van der Waals surface area contributed by atoms with Gasteiger partial charge in [0, 0.05) is 5.56 Å². The molecule has 1 saturated carbocycles. The van der Waals surface area contributed by atoms with Gasteiger partial charge in [-0.25, -0.2) is 8.42 Å². The maximum atomic E-state index is 11.9. The second-order valence-corrected chi connectivity index (χ2v) is 6.81. The number of anilines is 1. The lowest BCUT2D eigenvalue weighted by Gasteiger charge is -2.12. The van der Waals surface area contributed by atoms with E-state index in [1.165, 1.54) is 7.11 Å². The number of nitrogens with one attached hydrogen (secondary N) is 1. The molecule has 0 atom stereocenters. The summed E-state index contributed by atoms with van der Waals surface area (Å²) in [6.45, 7) is 0. The number of thiocarbonyl (C=S) groups is 1. The molecule has 0 saturated heterocycles. The Morgan fingerprint density at radius 1 is 1.53 bits per heavy atom. The van der Waals surface area contributed by atoms with E-state index in [4.69, 9.17) is 22.7 Å². The highest BCUT2D eigenvalue weighted by molar-refractivity contribution is 7.92. The molecule has 0 unspecified atom stereocenters. The van der Waals surface area contributed by atoms with E-state index in [0.717, 1.165) is 12.8 Å². The first-order valence-corrected chi connectivity index (χ1v) is 7.95. The van der Waals surface area contributed by atoms with E-state index < -0.39 is 10.0 Å². The molecule has 1 fully saturated rings. The maximum absolute atomic E-state index is 11.9. The molecular formula is C12H16N2O3S2. The molecule has 104 valence electrons. The smallest absolute Gasteiger partial charge is 0.233 e. The molecule has 1 aliphatic carbocycles. The zero-order valence-corrected chi connectivity index (χ0v) is 12.2. The van der Waals surface area contributed by atoms with Crippen molar-refractivity contribution in [2.24, 2.45) is 11.7 Å².